The number of non-ortho nitro benzene ring substituents is 1. The molecule has 0 bridgehead atoms. The van der Waals surface area contributed by atoms with Crippen LogP contribution in [-0.4, -0.2) is 30.0 Å². The van der Waals surface area contributed by atoms with Crippen molar-refractivity contribution in [1.29, 1.82) is 0 Å². The molecule has 158 valence electrons. The summed E-state index contributed by atoms with van der Waals surface area (Å²) < 4.78 is 0. The van der Waals surface area contributed by atoms with Gasteiger partial charge in [-0.3, -0.25) is 19.8 Å². The molecular formula is C22H19ClN4O4. The second-order valence-electron chi connectivity index (χ2n) is 6.48. The van der Waals surface area contributed by atoms with Crippen molar-refractivity contribution in [2.45, 2.75) is 0 Å². The first-order chi connectivity index (χ1) is 14.9. The lowest BCUT2D eigenvalue weighted by Crippen LogP contribution is -2.41. The van der Waals surface area contributed by atoms with E-state index < -0.39 is 11.0 Å². The van der Waals surface area contributed by atoms with E-state index in [9.17, 15) is 19.7 Å². The Bertz CT molecular complexity index is 1060. The van der Waals surface area contributed by atoms with Crippen LogP contribution in [0.2, 0.25) is 5.02 Å². The van der Waals surface area contributed by atoms with Crippen LogP contribution in [-0.2, 0) is 0 Å². The third-order valence-electron chi connectivity index (χ3n) is 4.37. The molecule has 0 radical (unpaired) electrons. The molecule has 0 aromatic heterocycles. The van der Waals surface area contributed by atoms with E-state index in [1.807, 2.05) is 6.07 Å². The predicted molar refractivity (Wildman–Crippen MR) is 120 cm³/mol. The van der Waals surface area contributed by atoms with Gasteiger partial charge in [-0.1, -0.05) is 29.8 Å². The number of amides is 3. The van der Waals surface area contributed by atoms with Gasteiger partial charge in [0.2, 0.25) is 0 Å². The Morgan fingerprint density at radius 2 is 1.58 bits per heavy atom. The third kappa shape index (κ3) is 6.03. The molecule has 0 atom stereocenters. The van der Waals surface area contributed by atoms with Crippen LogP contribution in [0.5, 0.6) is 0 Å². The lowest BCUT2D eigenvalue weighted by atomic mass is 10.2. The first-order valence-corrected chi connectivity index (χ1v) is 9.73. The zero-order valence-electron chi connectivity index (χ0n) is 16.3. The van der Waals surface area contributed by atoms with Gasteiger partial charge in [0, 0.05) is 47.2 Å². The summed E-state index contributed by atoms with van der Waals surface area (Å²) in [7, 11) is 0. The summed E-state index contributed by atoms with van der Waals surface area (Å²) in [5.41, 5.74) is 1.46. The molecule has 3 aromatic carbocycles. The van der Waals surface area contributed by atoms with Crippen molar-refractivity contribution in [3.63, 3.8) is 0 Å². The standard InChI is InChI=1S/C22H19ClN4O4/c23-17-8-6-16(7-9-17)21(28)24-14-15-26(19-4-2-1-3-5-19)22(29)25-18-10-12-20(13-11-18)27(30)31/h1-13H,14-15H2,(H,24,28)(H,25,29). The number of hydrogen-bond acceptors (Lipinski definition) is 4. The summed E-state index contributed by atoms with van der Waals surface area (Å²) in [6, 6.07) is 20.6. The first kappa shape index (κ1) is 21.8. The van der Waals surface area contributed by atoms with E-state index in [2.05, 4.69) is 10.6 Å². The van der Waals surface area contributed by atoms with Crippen LogP contribution < -0.4 is 15.5 Å². The number of carbonyl (C=O) groups is 2. The van der Waals surface area contributed by atoms with Crippen molar-refractivity contribution in [1.82, 2.24) is 5.32 Å². The molecule has 3 amide bonds. The van der Waals surface area contributed by atoms with Gasteiger partial charge in [0.1, 0.15) is 0 Å². The Morgan fingerprint density at radius 1 is 0.935 bits per heavy atom. The average molecular weight is 439 g/mol. The van der Waals surface area contributed by atoms with Crippen molar-refractivity contribution >= 4 is 40.6 Å². The number of nitrogens with one attached hydrogen (secondary N) is 2. The van der Waals surface area contributed by atoms with Crippen LogP contribution in [0.1, 0.15) is 10.4 Å². The maximum atomic E-state index is 12.9. The van der Waals surface area contributed by atoms with Crippen LogP contribution in [0, 0.1) is 10.1 Å². The quantitative estimate of drug-likeness (QED) is 0.411. The minimum atomic E-state index is -0.509. The molecule has 0 fully saturated rings. The van der Waals surface area contributed by atoms with Gasteiger partial charge in [-0.15, -0.1) is 0 Å². The molecule has 0 spiro atoms. The number of rotatable bonds is 7. The van der Waals surface area contributed by atoms with Crippen molar-refractivity contribution < 1.29 is 14.5 Å². The fourth-order valence-electron chi connectivity index (χ4n) is 2.80. The van der Waals surface area contributed by atoms with Gasteiger partial charge in [0.15, 0.2) is 0 Å². The van der Waals surface area contributed by atoms with Gasteiger partial charge in [-0.05, 0) is 48.5 Å². The molecule has 0 aliphatic heterocycles. The zero-order valence-corrected chi connectivity index (χ0v) is 17.1. The fraction of sp³-hybridized carbons (Fsp3) is 0.0909. The van der Waals surface area contributed by atoms with Gasteiger partial charge in [0.25, 0.3) is 11.6 Å². The van der Waals surface area contributed by atoms with E-state index in [4.69, 9.17) is 11.6 Å². The van der Waals surface area contributed by atoms with Crippen LogP contribution >= 0.6 is 11.6 Å². The van der Waals surface area contributed by atoms with Crippen molar-refractivity contribution in [2.24, 2.45) is 0 Å². The lowest BCUT2D eigenvalue weighted by Gasteiger charge is -2.23. The number of para-hydroxylation sites is 1. The second kappa shape index (κ2) is 10.2. The highest BCUT2D eigenvalue weighted by Gasteiger charge is 2.17. The van der Waals surface area contributed by atoms with E-state index in [1.54, 1.807) is 48.5 Å². The number of nitro benzene ring substituents is 1. The topological polar surface area (TPSA) is 105 Å². The van der Waals surface area contributed by atoms with E-state index in [-0.39, 0.29) is 24.7 Å². The molecule has 0 heterocycles. The van der Waals surface area contributed by atoms with E-state index in [1.165, 1.54) is 29.2 Å². The Morgan fingerprint density at radius 3 is 2.19 bits per heavy atom. The molecule has 9 heteroatoms. The van der Waals surface area contributed by atoms with Gasteiger partial charge in [0.05, 0.1) is 4.92 Å². The monoisotopic (exact) mass is 438 g/mol. The zero-order chi connectivity index (χ0) is 22.2. The normalized spacial score (nSPS) is 10.2. The lowest BCUT2D eigenvalue weighted by molar-refractivity contribution is -0.384. The molecule has 8 nitrogen and oxygen atoms in total. The highest BCUT2D eigenvalue weighted by atomic mass is 35.5. The molecule has 3 rings (SSSR count). The molecule has 0 unspecified atom stereocenters. The van der Waals surface area contributed by atoms with Crippen molar-refractivity contribution in [3.8, 4) is 0 Å². The van der Waals surface area contributed by atoms with Crippen LogP contribution in [0.15, 0.2) is 78.9 Å². The second-order valence-corrected chi connectivity index (χ2v) is 6.92. The maximum Gasteiger partial charge on any atom is 0.326 e. The number of benzene rings is 3. The van der Waals surface area contributed by atoms with Crippen molar-refractivity contribution in [3.05, 3.63) is 99.6 Å². The number of anilines is 2. The summed E-state index contributed by atoms with van der Waals surface area (Å²) in [5.74, 6) is -0.277. The third-order valence-corrected chi connectivity index (χ3v) is 4.62. The van der Waals surface area contributed by atoms with Crippen LogP contribution in [0.25, 0.3) is 0 Å². The van der Waals surface area contributed by atoms with Gasteiger partial charge < -0.3 is 10.6 Å². The van der Waals surface area contributed by atoms with E-state index in [0.717, 1.165) is 0 Å². The van der Waals surface area contributed by atoms with Gasteiger partial charge >= 0.3 is 6.03 Å². The molecule has 0 aliphatic carbocycles. The van der Waals surface area contributed by atoms with Crippen molar-refractivity contribution in [2.75, 3.05) is 23.3 Å². The summed E-state index contributed by atoms with van der Waals surface area (Å²) in [5, 5.41) is 16.8. The first-order valence-electron chi connectivity index (χ1n) is 9.36. The van der Waals surface area contributed by atoms with Crippen LogP contribution in [0.4, 0.5) is 21.9 Å². The minimum absolute atomic E-state index is 0.0668. The molecule has 0 saturated carbocycles. The SMILES string of the molecule is O=C(NCCN(C(=O)Nc1ccc([N+](=O)[O-])cc1)c1ccccc1)c1ccc(Cl)cc1. The Balaban J connectivity index is 1.66. The maximum absolute atomic E-state index is 12.9. The fourth-order valence-corrected chi connectivity index (χ4v) is 2.92. The Kier molecular flexibility index (Phi) is 7.18. The molecule has 0 saturated heterocycles. The highest BCUT2D eigenvalue weighted by molar-refractivity contribution is 6.30. The minimum Gasteiger partial charge on any atom is -0.350 e. The number of nitro groups is 1. The highest BCUT2D eigenvalue weighted by Crippen LogP contribution is 2.18. The molecule has 3 aromatic rings. The predicted octanol–water partition coefficient (Wildman–Crippen LogP) is 4.72. The largest absolute Gasteiger partial charge is 0.350 e. The molecule has 31 heavy (non-hydrogen) atoms. The summed E-state index contributed by atoms with van der Waals surface area (Å²) in [6.07, 6.45) is 0. The molecule has 0 aliphatic rings. The van der Waals surface area contributed by atoms with Gasteiger partial charge in [-0.2, -0.15) is 0 Å². The summed E-state index contributed by atoms with van der Waals surface area (Å²) in [4.78, 5) is 36.9. The van der Waals surface area contributed by atoms with E-state index >= 15 is 0 Å². The Hall–Kier alpha value is -3.91. The Labute approximate surface area is 183 Å². The smallest absolute Gasteiger partial charge is 0.326 e. The summed E-state index contributed by atoms with van der Waals surface area (Å²) >= 11 is 5.84. The number of halogens is 1. The molecular weight excluding hydrogens is 420 g/mol. The van der Waals surface area contributed by atoms with E-state index in [0.29, 0.717) is 22.0 Å². The molecule has 2 N–H and O–H groups in total. The number of hydrogen-bond donors (Lipinski definition) is 2. The average Bonchev–Trinajstić information content (AvgIpc) is 2.78. The summed E-state index contributed by atoms with van der Waals surface area (Å²) in [6.45, 7) is 0.423. The van der Waals surface area contributed by atoms with Gasteiger partial charge in [-0.25, -0.2) is 4.79 Å². The number of urea groups is 1. The number of carbonyl (C=O) groups excluding carboxylic acids is 2. The van der Waals surface area contributed by atoms with Crippen LogP contribution in [0.3, 0.4) is 0 Å². The number of nitrogens with zero attached hydrogens (tertiary/aromatic N) is 2.